The van der Waals surface area contributed by atoms with Gasteiger partial charge in [-0.05, 0) is 61.7 Å². The number of aryl methyl sites for hydroxylation is 1. The minimum Gasteiger partial charge on any atom is -0.378 e. The molecule has 2 N–H and O–H groups in total. The topological polar surface area (TPSA) is 64.7 Å². The number of carbonyl (C=O) groups is 2. The number of hydrogen-bond donors (Lipinski definition) is 2. The zero-order chi connectivity index (χ0) is 20.3. The summed E-state index contributed by atoms with van der Waals surface area (Å²) in [5.74, 6) is 0.159. The molecule has 1 aliphatic rings. The van der Waals surface area contributed by atoms with E-state index in [9.17, 15) is 9.59 Å². The Balaban J connectivity index is 1.65. The predicted molar refractivity (Wildman–Crippen MR) is 114 cm³/mol. The normalized spacial score (nSPS) is 14.7. The molecule has 28 heavy (non-hydrogen) atoms. The smallest absolute Gasteiger partial charge is 0.319 e. The molecule has 6 heteroatoms. The first-order valence-corrected chi connectivity index (χ1v) is 9.61. The number of benzene rings is 2. The average molecular weight is 380 g/mol. The molecular weight excluding hydrogens is 352 g/mol. The van der Waals surface area contributed by atoms with Crippen molar-refractivity contribution in [1.29, 1.82) is 0 Å². The van der Waals surface area contributed by atoms with Gasteiger partial charge in [-0.15, -0.1) is 0 Å². The lowest BCUT2D eigenvalue weighted by Gasteiger charge is -2.20. The summed E-state index contributed by atoms with van der Waals surface area (Å²) in [5, 5.41) is 5.90. The Kier molecular flexibility index (Phi) is 5.87. The van der Waals surface area contributed by atoms with Gasteiger partial charge in [-0.1, -0.05) is 12.1 Å². The van der Waals surface area contributed by atoms with Crippen LogP contribution < -0.4 is 20.4 Å². The van der Waals surface area contributed by atoms with E-state index in [1.54, 1.807) is 0 Å². The van der Waals surface area contributed by atoms with Gasteiger partial charge in [0.2, 0.25) is 5.91 Å². The summed E-state index contributed by atoms with van der Waals surface area (Å²) >= 11 is 0. The fourth-order valence-corrected chi connectivity index (χ4v) is 3.39. The SMILES string of the molecule is Cc1cc(N(C)C)ccc1NC(=O)NC(C)c1cccc(N2CCCC2=O)c1. The molecule has 1 unspecified atom stereocenters. The zero-order valence-corrected chi connectivity index (χ0v) is 17.0. The minimum atomic E-state index is -0.254. The van der Waals surface area contributed by atoms with E-state index in [0.29, 0.717) is 6.42 Å². The number of carbonyl (C=O) groups excluding carboxylic acids is 2. The number of amides is 3. The van der Waals surface area contributed by atoms with Crippen LogP contribution in [0.25, 0.3) is 0 Å². The van der Waals surface area contributed by atoms with Crippen LogP contribution in [0.2, 0.25) is 0 Å². The molecule has 1 atom stereocenters. The molecular formula is C22H28N4O2. The quantitative estimate of drug-likeness (QED) is 0.822. The molecule has 0 bridgehead atoms. The van der Waals surface area contributed by atoms with Crippen LogP contribution in [0.4, 0.5) is 21.9 Å². The van der Waals surface area contributed by atoms with E-state index in [1.165, 1.54) is 0 Å². The van der Waals surface area contributed by atoms with Gasteiger partial charge < -0.3 is 20.4 Å². The van der Waals surface area contributed by atoms with E-state index in [4.69, 9.17) is 0 Å². The van der Waals surface area contributed by atoms with Crippen molar-refractivity contribution >= 4 is 29.0 Å². The molecule has 0 spiro atoms. The average Bonchev–Trinajstić information content (AvgIpc) is 3.09. The molecule has 1 fully saturated rings. The third kappa shape index (κ3) is 4.44. The van der Waals surface area contributed by atoms with E-state index in [1.807, 2.05) is 80.2 Å². The van der Waals surface area contributed by atoms with Gasteiger partial charge in [-0.3, -0.25) is 4.79 Å². The van der Waals surface area contributed by atoms with Crippen molar-refractivity contribution in [3.63, 3.8) is 0 Å². The molecule has 3 amide bonds. The van der Waals surface area contributed by atoms with E-state index in [0.717, 1.165) is 41.2 Å². The highest BCUT2D eigenvalue weighted by Crippen LogP contribution is 2.25. The molecule has 1 saturated heterocycles. The number of rotatable bonds is 5. The Hall–Kier alpha value is -3.02. The Morgan fingerprint density at radius 2 is 1.96 bits per heavy atom. The third-order valence-corrected chi connectivity index (χ3v) is 5.08. The molecule has 0 saturated carbocycles. The summed E-state index contributed by atoms with van der Waals surface area (Å²) in [6.45, 7) is 4.67. The number of nitrogens with one attached hydrogen (secondary N) is 2. The van der Waals surface area contributed by atoms with Crippen molar-refractivity contribution in [2.75, 3.05) is 35.8 Å². The summed E-state index contributed by atoms with van der Waals surface area (Å²) in [6.07, 6.45) is 1.50. The lowest BCUT2D eigenvalue weighted by Crippen LogP contribution is -2.31. The monoisotopic (exact) mass is 380 g/mol. The molecule has 2 aromatic rings. The second kappa shape index (κ2) is 8.33. The first kappa shape index (κ1) is 19.7. The lowest BCUT2D eigenvalue weighted by molar-refractivity contribution is -0.117. The third-order valence-electron chi connectivity index (χ3n) is 5.08. The van der Waals surface area contributed by atoms with Crippen molar-refractivity contribution in [2.24, 2.45) is 0 Å². The van der Waals surface area contributed by atoms with E-state index in [2.05, 4.69) is 10.6 Å². The zero-order valence-electron chi connectivity index (χ0n) is 17.0. The Labute approximate surface area is 166 Å². The first-order chi connectivity index (χ1) is 13.3. The van der Waals surface area contributed by atoms with Gasteiger partial charge in [-0.2, -0.15) is 0 Å². The van der Waals surface area contributed by atoms with E-state index >= 15 is 0 Å². The molecule has 2 aromatic carbocycles. The summed E-state index contributed by atoms with van der Waals surface area (Å²) in [7, 11) is 3.97. The van der Waals surface area contributed by atoms with Crippen molar-refractivity contribution in [1.82, 2.24) is 5.32 Å². The molecule has 0 radical (unpaired) electrons. The Bertz CT molecular complexity index is 879. The highest BCUT2D eigenvalue weighted by molar-refractivity contribution is 5.95. The van der Waals surface area contributed by atoms with Crippen LogP contribution in [-0.4, -0.2) is 32.6 Å². The van der Waals surface area contributed by atoms with Crippen LogP contribution in [0.5, 0.6) is 0 Å². The predicted octanol–water partition coefficient (Wildman–Crippen LogP) is 4.07. The van der Waals surface area contributed by atoms with Crippen LogP contribution in [0.15, 0.2) is 42.5 Å². The van der Waals surface area contributed by atoms with Crippen LogP contribution >= 0.6 is 0 Å². The fourth-order valence-electron chi connectivity index (χ4n) is 3.39. The molecule has 1 aliphatic heterocycles. The number of anilines is 3. The second-order valence-electron chi connectivity index (χ2n) is 7.46. The fraction of sp³-hybridized carbons (Fsp3) is 0.364. The number of hydrogen-bond acceptors (Lipinski definition) is 3. The summed E-state index contributed by atoms with van der Waals surface area (Å²) in [6, 6.07) is 13.3. The molecule has 0 aromatic heterocycles. The summed E-state index contributed by atoms with van der Waals surface area (Å²) in [4.78, 5) is 28.3. The highest BCUT2D eigenvalue weighted by atomic mass is 16.2. The molecule has 6 nitrogen and oxygen atoms in total. The van der Waals surface area contributed by atoms with Crippen LogP contribution in [0.3, 0.4) is 0 Å². The summed E-state index contributed by atoms with van der Waals surface area (Å²) in [5.41, 5.74) is 4.73. The summed E-state index contributed by atoms with van der Waals surface area (Å²) < 4.78 is 0. The molecule has 3 rings (SSSR count). The second-order valence-corrected chi connectivity index (χ2v) is 7.46. The standard InChI is InChI=1S/C22H28N4O2/c1-15-13-18(25(3)4)10-11-20(15)24-22(28)23-16(2)17-7-5-8-19(14-17)26-12-6-9-21(26)27/h5,7-8,10-11,13-14,16H,6,9,12H2,1-4H3,(H2,23,24,28). The Morgan fingerprint density at radius 3 is 2.61 bits per heavy atom. The van der Waals surface area contributed by atoms with Crippen molar-refractivity contribution < 1.29 is 9.59 Å². The molecule has 1 heterocycles. The van der Waals surface area contributed by atoms with Crippen molar-refractivity contribution in [3.05, 3.63) is 53.6 Å². The molecule has 0 aliphatic carbocycles. The number of nitrogens with zero attached hydrogens (tertiary/aromatic N) is 2. The van der Waals surface area contributed by atoms with Gasteiger partial charge in [0.15, 0.2) is 0 Å². The Morgan fingerprint density at radius 1 is 1.18 bits per heavy atom. The maximum Gasteiger partial charge on any atom is 0.319 e. The molecule has 148 valence electrons. The van der Waals surface area contributed by atoms with Crippen molar-refractivity contribution in [2.45, 2.75) is 32.7 Å². The minimum absolute atomic E-state index is 0.159. The van der Waals surface area contributed by atoms with Gasteiger partial charge in [-0.25, -0.2) is 4.79 Å². The lowest BCUT2D eigenvalue weighted by atomic mass is 10.1. The van der Waals surface area contributed by atoms with Gasteiger partial charge >= 0.3 is 6.03 Å². The van der Waals surface area contributed by atoms with Crippen LogP contribution in [-0.2, 0) is 4.79 Å². The van der Waals surface area contributed by atoms with Gasteiger partial charge in [0.05, 0.1) is 6.04 Å². The number of urea groups is 1. The maximum atomic E-state index is 12.5. The van der Waals surface area contributed by atoms with Gasteiger partial charge in [0, 0.05) is 44.1 Å². The van der Waals surface area contributed by atoms with Crippen LogP contribution in [0, 0.1) is 6.92 Å². The van der Waals surface area contributed by atoms with Crippen molar-refractivity contribution in [3.8, 4) is 0 Å². The van der Waals surface area contributed by atoms with E-state index < -0.39 is 0 Å². The largest absolute Gasteiger partial charge is 0.378 e. The van der Waals surface area contributed by atoms with E-state index in [-0.39, 0.29) is 18.0 Å². The van der Waals surface area contributed by atoms with Crippen LogP contribution in [0.1, 0.15) is 36.9 Å². The maximum absolute atomic E-state index is 12.5. The van der Waals surface area contributed by atoms with Gasteiger partial charge in [0.25, 0.3) is 0 Å². The highest BCUT2D eigenvalue weighted by Gasteiger charge is 2.22. The van der Waals surface area contributed by atoms with Gasteiger partial charge in [0.1, 0.15) is 0 Å². The first-order valence-electron chi connectivity index (χ1n) is 9.61.